The Morgan fingerprint density at radius 3 is 3.10 bits per heavy atom. The molecule has 21 heavy (non-hydrogen) atoms. The summed E-state index contributed by atoms with van der Waals surface area (Å²) in [5, 5.41) is 12.2. The van der Waals surface area contributed by atoms with Crippen molar-refractivity contribution in [2.45, 2.75) is 19.4 Å². The minimum absolute atomic E-state index is 0.0795. The van der Waals surface area contributed by atoms with Crippen molar-refractivity contribution in [2.75, 3.05) is 24.5 Å². The third kappa shape index (κ3) is 2.28. The summed E-state index contributed by atoms with van der Waals surface area (Å²) >= 11 is 0. The molecule has 1 aliphatic rings. The van der Waals surface area contributed by atoms with E-state index in [-0.39, 0.29) is 12.0 Å². The Kier molecular flexibility index (Phi) is 3.39. The average Bonchev–Trinajstić information content (AvgIpc) is 2.88. The zero-order valence-electron chi connectivity index (χ0n) is 12.2. The number of imidazole rings is 1. The molecule has 2 aromatic heterocycles. The minimum atomic E-state index is -0.0795. The van der Waals surface area contributed by atoms with Gasteiger partial charge in [-0.25, -0.2) is 14.2 Å². The number of anilines is 1. The minimum Gasteiger partial charge on any atom is -0.363 e. The Labute approximate surface area is 122 Å². The molecule has 0 aromatic carbocycles. The smallest absolute Gasteiger partial charge is 0.267 e. The monoisotopic (exact) mass is 286 g/mol. The maximum absolute atomic E-state index is 12.2. The Bertz CT molecular complexity index is 768. The van der Waals surface area contributed by atoms with Gasteiger partial charge in [-0.05, 0) is 6.92 Å². The lowest BCUT2D eigenvalue weighted by atomic mass is 10.2. The average molecular weight is 286 g/mol. The van der Waals surface area contributed by atoms with Crippen LogP contribution < -0.4 is 15.8 Å². The summed E-state index contributed by atoms with van der Waals surface area (Å²) in [6.45, 7) is 4.73. The van der Waals surface area contributed by atoms with Crippen LogP contribution in [0, 0.1) is 11.3 Å². The van der Waals surface area contributed by atoms with Crippen molar-refractivity contribution in [1.29, 1.82) is 5.26 Å². The quantitative estimate of drug-likeness (QED) is 0.834. The molecule has 2 aromatic rings. The molecule has 1 unspecified atom stereocenters. The van der Waals surface area contributed by atoms with E-state index in [0.717, 1.165) is 31.0 Å². The number of aromatic nitrogens is 3. The van der Waals surface area contributed by atoms with Crippen LogP contribution in [0.4, 0.5) is 5.69 Å². The molecule has 3 heterocycles. The molecule has 1 saturated heterocycles. The summed E-state index contributed by atoms with van der Waals surface area (Å²) in [6.07, 6.45) is 2.00. The van der Waals surface area contributed by atoms with Crippen LogP contribution in [0.15, 0.2) is 17.1 Å². The van der Waals surface area contributed by atoms with Gasteiger partial charge in [0, 0.05) is 38.8 Å². The van der Waals surface area contributed by atoms with Crippen molar-refractivity contribution in [3.05, 3.63) is 28.3 Å². The van der Waals surface area contributed by atoms with Crippen LogP contribution >= 0.6 is 0 Å². The molecule has 110 valence electrons. The van der Waals surface area contributed by atoms with Crippen LogP contribution in [0.2, 0.25) is 0 Å². The fraction of sp³-hybridized carbons (Fsp3) is 0.500. The molecular formula is C14H18N6O. The number of nitrogens with zero attached hydrogens (tertiary/aromatic N) is 5. The van der Waals surface area contributed by atoms with Crippen LogP contribution in [-0.2, 0) is 13.5 Å². The van der Waals surface area contributed by atoms with Gasteiger partial charge in [-0.15, -0.1) is 0 Å². The van der Waals surface area contributed by atoms with Gasteiger partial charge in [-0.1, -0.05) is 0 Å². The van der Waals surface area contributed by atoms with Gasteiger partial charge in [0.2, 0.25) is 0 Å². The van der Waals surface area contributed by atoms with E-state index < -0.39 is 0 Å². The van der Waals surface area contributed by atoms with Crippen molar-refractivity contribution < 1.29 is 0 Å². The molecule has 7 heteroatoms. The Balaban J connectivity index is 2.19. The third-order valence-corrected chi connectivity index (χ3v) is 3.94. The van der Waals surface area contributed by atoms with Gasteiger partial charge < -0.3 is 10.2 Å². The summed E-state index contributed by atoms with van der Waals surface area (Å²) < 4.78 is 3.25. The highest BCUT2D eigenvalue weighted by Crippen LogP contribution is 2.22. The first-order chi connectivity index (χ1) is 10.1. The predicted molar refractivity (Wildman–Crippen MR) is 79.4 cm³/mol. The topological polar surface area (TPSA) is 78.4 Å². The molecule has 0 aliphatic carbocycles. The highest BCUT2D eigenvalue weighted by atomic mass is 16.1. The normalized spacial score (nSPS) is 18.9. The number of nitriles is 1. The number of nitrogens with one attached hydrogen (secondary N) is 1. The van der Waals surface area contributed by atoms with E-state index in [1.165, 1.54) is 4.68 Å². The standard InChI is InChI=1S/C14H18N6O/c1-10-8-16-5-6-19(10)12-7-13(21)18(2)20-9-11(3-4-15)17-14(12)20/h7,9-10,16H,3,5-6,8H2,1-2H3. The zero-order chi connectivity index (χ0) is 15.0. The third-order valence-electron chi connectivity index (χ3n) is 3.94. The van der Waals surface area contributed by atoms with Crippen molar-refractivity contribution in [2.24, 2.45) is 7.05 Å². The van der Waals surface area contributed by atoms with Crippen molar-refractivity contribution >= 4 is 11.3 Å². The van der Waals surface area contributed by atoms with Gasteiger partial charge in [-0.3, -0.25) is 4.79 Å². The number of aryl methyl sites for hydroxylation is 1. The van der Waals surface area contributed by atoms with Gasteiger partial charge in [0.05, 0.1) is 30.1 Å². The molecule has 1 fully saturated rings. The first-order valence-electron chi connectivity index (χ1n) is 7.04. The second kappa shape index (κ2) is 5.22. The summed E-state index contributed by atoms with van der Waals surface area (Å²) in [5.74, 6) is 0. The van der Waals surface area contributed by atoms with E-state index in [4.69, 9.17) is 5.26 Å². The second-order valence-electron chi connectivity index (χ2n) is 5.37. The van der Waals surface area contributed by atoms with Crippen LogP contribution in [0.1, 0.15) is 12.6 Å². The lowest BCUT2D eigenvalue weighted by Gasteiger charge is -2.35. The molecule has 0 spiro atoms. The van der Waals surface area contributed by atoms with Crippen LogP contribution in [-0.4, -0.2) is 39.9 Å². The first-order valence-corrected chi connectivity index (χ1v) is 7.04. The van der Waals surface area contributed by atoms with E-state index in [0.29, 0.717) is 11.7 Å². The molecule has 0 saturated carbocycles. The maximum Gasteiger partial charge on any atom is 0.267 e. The van der Waals surface area contributed by atoms with E-state index in [2.05, 4.69) is 28.2 Å². The highest BCUT2D eigenvalue weighted by Gasteiger charge is 2.22. The molecule has 0 radical (unpaired) electrons. The molecule has 7 nitrogen and oxygen atoms in total. The lowest BCUT2D eigenvalue weighted by Crippen LogP contribution is -2.50. The van der Waals surface area contributed by atoms with E-state index in [1.807, 2.05) is 0 Å². The highest BCUT2D eigenvalue weighted by molar-refractivity contribution is 5.69. The van der Waals surface area contributed by atoms with Crippen LogP contribution in [0.3, 0.4) is 0 Å². The fourth-order valence-corrected chi connectivity index (χ4v) is 2.78. The molecule has 1 aliphatic heterocycles. The van der Waals surface area contributed by atoms with Crippen molar-refractivity contribution in [3.63, 3.8) is 0 Å². The molecule has 3 rings (SSSR count). The summed E-state index contributed by atoms with van der Waals surface area (Å²) in [7, 11) is 1.71. The number of hydrogen-bond acceptors (Lipinski definition) is 5. The Morgan fingerprint density at radius 1 is 1.57 bits per heavy atom. The van der Waals surface area contributed by atoms with E-state index in [1.54, 1.807) is 23.8 Å². The number of piperazine rings is 1. The van der Waals surface area contributed by atoms with Gasteiger partial charge in [0.1, 0.15) is 0 Å². The van der Waals surface area contributed by atoms with Gasteiger partial charge in [0.15, 0.2) is 5.65 Å². The largest absolute Gasteiger partial charge is 0.363 e. The number of hydrogen-bond donors (Lipinski definition) is 1. The summed E-state index contributed by atoms with van der Waals surface area (Å²) in [4.78, 5) is 18.9. The molecule has 0 bridgehead atoms. The van der Waals surface area contributed by atoms with Gasteiger partial charge in [-0.2, -0.15) is 5.26 Å². The maximum atomic E-state index is 12.2. The summed E-state index contributed by atoms with van der Waals surface area (Å²) in [6, 6.07) is 4.04. The lowest BCUT2D eigenvalue weighted by molar-refractivity contribution is 0.499. The van der Waals surface area contributed by atoms with Gasteiger partial charge >= 0.3 is 0 Å². The SMILES string of the molecule is CC1CNCCN1c1cc(=O)n(C)n2cc(CC#N)nc12. The molecule has 0 amide bonds. The molecule has 1 N–H and O–H groups in total. The predicted octanol–water partition coefficient (Wildman–Crippen LogP) is -0.103. The van der Waals surface area contributed by atoms with Crippen LogP contribution in [0.25, 0.3) is 5.65 Å². The number of rotatable bonds is 2. The first kappa shape index (κ1) is 13.6. The van der Waals surface area contributed by atoms with Crippen molar-refractivity contribution in [3.8, 4) is 6.07 Å². The van der Waals surface area contributed by atoms with Gasteiger partial charge in [0.25, 0.3) is 5.56 Å². The summed E-state index contributed by atoms with van der Waals surface area (Å²) in [5.41, 5.74) is 2.18. The zero-order valence-corrected chi connectivity index (χ0v) is 12.2. The molecular weight excluding hydrogens is 268 g/mol. The fourth-order valence-electron chi connectivity index (χ4n) is 2.78. The van der Waals surface area contributed by atoms with E-state index in [9.17, 15) is 4.79 Å². The van der Waals surface area contributed by atoms with Crippen molar-refractivity contribution in [1.82, 2.24) is 19.5 Å². The Hall–Kier alpha value is -2.33. The van der Waals surface area contributed by atoms with E-state index >= 15 is 0 Å². The Morgan fingerprint density at radius 2 is 2.38 bits per heavy atom. The molecule has 1 atom stereocenters. The second-order valence-corrected chi connectivity index (χ2v) is 5.37. The number of fused-ring (bicyclic) bond motifs is 1. The van der Waals surface area contributed by atoms with Crippen LogP contribution in [0.5, 0.6) is 0 Å².